The van der Waals surface area contributed by atoms with Crippen LogP contribution in [0, 0.1) is 41.4 Å². The molecule has 0 radical (unpaired) electrons. The Morgan fingerprint density at radius 1 is 0.859 bits per heavy atom. The highest BCUT2D eigenvalue weighted by Crippen LogP contribution is 2.38. The van der Waals surface area contributed by atoms with Crippen LogP contribution >= 0.6 is 0 Å². The number of piperidine rings is 1. The minimum atomic E-state index is -2.42. The maximum atomic E-state index is 14.3. The van der Waals surface area contributed by atoms with Crippen LogP contribution in [0.5, 0.6) is 0 Å². The molecule has 3 aliphatic heterocycles. The van der Waals surface area contributed by atoms with Crippen LogP contribution < -0.4 is 0 Å². The first kappa shape index (κ1) is 53.3. The lowest BCUT2D eigenvalue weighted by Gasteiger charge is -2.42. The van der Waals surface area contributed by atoms with E-state index in [0.29, 0.717) is 56.9 Å². The maximum absolute atomic E-state index is 14.3. The second-order valence-electron chi connectivity index (χ2n) is 19.8. The summed E-state index contributed by atoms with van der Waals surface area (Å²) < 4.78 is 23.8. The highest BCUT2D eigenvalue weighted by molar-refractivity contribution is 6.39. The lowest BCUT2D eigenvalue weighted by molar-refractivity contribution is -0.265. The molecule has 64 heavy (non-hydrogen) atoms. The van der Waals surface area contributed by atoms with Gasteiger partial charge in [-0.25, -0.2) is 4.79 Å². The number of aliphatic hydroxyl groups excluding tert-OH is 2. The summed E-state index contributed by atoms with van der Waals surface area (Å²) in [5.41, 5.74) is 1.28. The first-order valence-corrected chi connectivity index (χ1v) is 23.9. The van der Waals surface area contributed by atoms with Crippen LogP contribution in [0.25, 0.3) is 0 Å². The number of amides is 1. The zero-order valence-corrected chi connectivity index (χ0v) is 40.2. The van der Waals surface area contributed by atoms with Gasteiger partial charge in [-0.1, -0.05) is 78.0 Å². The number of cyclic esters (lactones) is 1. The number of Topliss-reactive ketones (excluding diaryl/α,β-unsaturated/α-hetero) is 3. The van der Waals surface area contributed by atoms with Crippen LogP contribution in [-0.4, -0.2) is 119 Å². The Labute approximate surface area is 382 Å². The van der Waals surface area contributed by atoms with E-state index in [9.17, 15) is 39.3 Å². The molecule has 13 heteroatoms. The predicted molar refractivity (Wildman–Crippen MR) is 244 cm³/mol. The fourth-order valence-corrected chi connectivity index (χ4v) is 10.2. The number of methoxy groups -OCH3 is 2. The molecule has 0 aromatic rings. The van der Waals surface area contributed by atoms with Gasteiger partial charge < -0.3 is 39.2 Å². The van der Waals surface area contributed by atoms with Crippen molar-refractivity contribution < 1.29 is 58.2 Å². The van der Waals surface area contributed by atoms with E-state index in [1.165, 1.54) is 12.0 Å². The number of allylic oxidation sites excluding steroid dienone is 6. The van der Waals surface area contributed by atoms with Crippen molar-refractivity contribution in [2.75, 3.05) is 20.8 Å². The van der Waals surface area contributed by atoms with Gasteiger partial charge in [-0.2, -0.15) is 0 Å². The number of fused-ring (bicyclic) bond motifs is 3. The molecule has 15 unspecified atom stereocenters. The zero-order chi connectivity index (χ0) is 47.5. The Kier molecular flexibility index (Phi) is 20.4. The van der Waals surface area contributed by atoms with Crippen molar-refractivity contribution in [3.63, 3.8) is 0 Å². The smallest absolute Gasteiger partial charge is 0.329 e. The SMILES string of the molecule is COC1CC2CCC(C)C(O)(O2)C(=O)C(=O)N2CCCCC2C(=O)OC(C(C)CC2CCC(O)C(C)C2)CC(=O)C(C)/C=C(\C)C(O)C(OC)C(=O)C(C)CC(C)/C=C/C=CC=C1C. The van der Waals surface area contributed by atoms with Gasteiger partial charge in [0.25, 0.3) is 11.7 Å². The van der Waals surface area contributed by atoms with E-state index in [4.69, 9.17) is 18.9 Å². The van der Waals surface area contributed by atoms with Crippen molar-refractivity contribution in [2.24, 2.45) is 41.4 Å². The van der Waals surface area contributed by atoms with E-state index in [1.807, 2.05) is 65.0 Å². The fourth-order valence-electron chi connectivity index (χ4n) is 10.2. The number of aliphatic hydroxyl groups is 3. The lowest BCUT2D eigenvalue weighted by atomic mass is 9.75. The van der Waals surface area contributed by atoms with Gasteiger partial charge >= 0.3 is 5.97 Å². The van der Waals surface area contributed by atoms with Crippen molar-refractivity contribution in [2.45, 2.75) is 181 Å². The molecule has 4 aliphatic rings. The lowest BCUT2D eigenvalue weighted by Crippen LogP contribution is -2.61. The summed E-state index contributed by atoms with van der Waals surface area (Å²) in [5, 5.41) is 33.8. The Hall–Kier alpha value is -3.33. The number of ketones is 3. The second kappa shape index (κ2) is 24.4. The zero-order valence-electron chi connectivity index (χ0n) is 40.2. The minimum Gasteiger partial charge on any atom is -0.460 e. The van der Waals surface area contributed by atoms with Crippen LogP contribution in [0.4, 0.5) is 0 Å². The first-order valence-electron chi connectivity index (χ1n) is 23.9. The van der Waals surface area contributed by atoms with Crippen LogP contribution in [-0.2, 0) is 42.9 Å². The number of hydrogen-bond acceptors (Lipinski definition) is 12. The molecule has 2 bridgehead atoms. The Bertz CT molecular complexity index is 1740. The molecule has 2 saturated heterocycles. The Morgan fingerprint density at radius 3 is 2.25 bits per heavy atom. The molecule has 1 amide bonds. The van der Waals surface area contributed by atoms with Crippen molar-refractivity contribution in [3.05, 3.63) is 47.6 Å². The van der Waals surface area contributed by atoms with E-state index < -0.39 is 77.8 Å². The van der Waals surface area contributed by atoms with Crippen molar-refractivity contribution in [1.29, 1.82) is 0 Å². The molecule has 0 spiro atoms. The maximum Gasteiger partial charge on any atom is 0.329 e. The summed E-state index contributed by atoms with van der Waals surface area (Å²) in [6.45, 7) is 14.8. The van der Waals surface area contributed by atoms with Gasteiger partial charge in [0.05, 0.1) is 18.3 Å². The second-order valence-corrected chi connectivity index (χ2v) is 19.8. The summed E-state index contributed by atoms with van der Waals surface area (Å²) in [5.74, 6) is -7.55. The first-order chi connectivity index (χ1) is 30.2. The molecule has 15 atom stereocenters. The third-order valence-electron chi connectivity index (χ3n) is 14.5. The van der Waals surface area contributed by atoms with Crippen LogP contribution in [0.2, 0.25) is 0 Å². The van der Waals surface area contributed by atoms with Crippen LogP contribution in [0.15, 0.2) is 47.6 Å². The highest BCUT2D eigenvalue weighted by Gasteiger charge is 2.53. The fraction of sp³-hybridized carbons (Fsp3) is 0.745. The average Bonchev–Trinajstić information content (AvgIpc) is 3.26. The molecule has 360 valence electrons. The van der Waals surface area contributed by atoms with Gasteiger partial charge in [-0.15, -0.1) is 0 Å². The molecule has 0 aromatic carbocycles. The van der Waals surface area contributed by atoms with Crippen molar-refractivity contribution >= 4 is 29.2 Å². The van der Waals surface area contributed by atoms with Gasteiger partial charge in [-0.3, -0.25) is 19.2 Å². The topological polar surface area (TPSA) is 186 Å². The largest absolute Gasteiger partial charge is 0.460 e. The third-order valence-corrected chi connectivity index (χ3v) is 14.5. The monoisotopic (exact) mass is 898 g/mol. The predicted octanol–water partition coefficient (Wildman–Crippen LogP) is 6.80. The summed E-state index contributed by atoms with van der Waals surface area (Å²) in [6.07, 6.45) is 12.4. The average molecular weight is 898 g/mol. The molecule has 3 heterocycles. The van der Waals surface area contributed by atoms with Crippen LogP contribution in [0.1, 0.15) is 132 Å². The number of nitrogens with zero attached hydrogens (tertiary/aromatic N) is 1. The van der Waals surface area contributed by atoms with Crippen LogP contribution in [0.3, 0.4) is 0 Å². The Balaban J connectivity index is 1.70. The summed E-state index contributed by atoms with van der Waals surface area (Å²) in [6, 6.07) is -1.12. The van der Waals surface area contributed by atoms with Gasteiger partial charge in [0.1, 0.15) is 30.1 Å². The van der Waals surface area contributed by atoms with E-state index >= 15 is 0 Å². The van der Waals surface area contributed by atoms with E-state index in [1.54, 1.807) is 34.0 Å². The molecular weight excluding hydrogens is 819 g/mol. The number of esters is 1. The minimum absolute atomic E-state index is 0.0258. The summed E-state index contributed by atoms with van der Waals surface area (Å²) in [7, 11) is 2.96. The van der Waals surface area contributed by atoms with Gasteiger partial charge in [0.15, 0.2) is 5.78 Å². The summed E-state index contributed by atoms with van der Waals surface area (Å²) >= 11 is 0. The number of carbonyl (C=O) groups excluding carboxylic acids is 5. The Morgan fingerprint density at radius 2 is 1.58 bits per heavy atom. The van der Waals surface area contributed by atoms with Gasteiger partial charge in [0, 0.05) is 51.4 Å². The molecule has 0 aromatic heterocycles. The standard InChI is InChI=1S/C51H79NO12/c1-30-16-12-11-13-17-31(2)43(61-9)28-39-21-19-37(8)51(60,64-39)48(57)49(58)52-23-15-14-18-40(52)50(59)63-44(34(5)27-38-20-22-41(53)33(4)26-38)29-42(54)32(3)25-36(7)46(56)47(62-10)45(55)35(6)24-30/h11-13,16-17,25,30,32-35,37-41,43-44,46-47,53,56,60H,14-15,18-24,26-29H2,1-10H3/b13-11?,16-12+,31-17?,36-25+. The number of rotatable bonds is 5. The molecular formula is C51H79NO12. The highest BCUT2D eigenvalue weighted by atomic mass is 16.6. The van der Waals surface area contributed by atoms with E-state index in [0.717, 1.165) is 18.4 Å². The third kappa shape index (κ3) is 13.9. The molecule has 4 rings (SSSR count). The number of hydrogen-bond donors (Lipinski definition) is 3. The molecule has 1 saturated carbocycles. The molecule has 1 aliphatic carbocycles. The normalized spacial score (nSPS) is 39.5. The number of ether oxygens (including phenoxy) is 4. The van der Waals surface area contributed by atoms with E-state index in [2.05, 4.69) is 0 Å². The molecule has 3 N–H and O–H groups in total. The van der Waals surface area contributed by atoms with E-state index in [-0.39, 0.29) is 60.7 Å². The molecule has 3 fully saturated rings. The van der Waals surface area contributed by atoms with Crippen molar-refractivity contribution in [1.82, 2.24) is 4.90 Å². The van der Waals surface area contributed by atoms with Gasteiger partial charge in [-0.05, 0) is 113 Å². The quantitative estimate of drug-likeness (QED) is 0.149. The van der Waals surface area contributed by atoms with Gasteiger partial charge in [0.2, 0.25) is 5.79 Å². The van der Waals surface area contributed by atoms with Crippen molar-refractivity contribution in [3.8, 4) is 0 Å². The number of carbonyl (C=O) groups is 5. The molecule has 13 nitrogen and oxygen atoms in total. The summed E-state index contributed by atoms with van der Waals surface area (Å²) in [4.78, 5) is 71.7.